The standard InChI is InChI=1S/C8H8O.C6H13N/c1-7-2-4-8(6-9)5-3-7;1-6-4-3-5-7(6)2/h2-6H,1H3;6H,3-5H2,1-2H3. The molecule has 2 rings (SSSR count). The molecule has 0 N–H and O–H groups in total. The van der Waals surface area contributed by atoms with Gasteiger partial charge in [0.1, 0.15) is 6.29 Å². The van der Waals surface area contributed by atoms with Crippen LogP contribution in [0.4, 0.5) is 0 Å². The third-order valence-electron chi connectivity index (χ3n) is 3.10. The lowest BCUT2D eigenvalue weighted by atomic mass is 10.2. The Morgan fingerprint density at radius 1 is 1.31 bits per heavy atom. The largest absolute Gasteiger partial charge is 0.304 e. The number of hydrogen-bond acceptors (Lipinski definition) is 2. The van der Waals surface area contributed by atoms with Crippen LogP contribution in [0.2, 0.25) is 0 Å². The van der Waals surface area contributed by atoms with Gasteiger partial charge in [0.2, 0.25) is 0 Å². The zero-order valence-electron chi connectivity index (χ0n) is 10.4. The molecule has 1 heterocycles. The molecule has 1 fully saturated rings. The summed E-state index contributed by atoms with van der Waals surface area (Å²) >= 11 is 0. The van der Waals surface area contributed by atoms with Crippen LogP contribution >= 0.6 is 0 Å². The van der Waals surface area contributed by atoms with Crippen LogP contribution in [0.5, 0.6) is 0 Å². The number of carbonyl (C=O) groups is 1. The van der Waals surface area contributed by atoms with Gasteiger partial charge in [0.25, 0.3) is 0 Å². The normalized spacial score (nSPS) is 20.1. The van der Waals surface area contributed by atoms with Gasteiger partial charge in [-0.05, 0) is 40.3 Å². The Kier molecular flexibility index (Phi) is 5.20. The lowest BCUT2D eigenvalue weighted by Crippen LogP contribution is -2.20. The Hall–Kier alpha value is -1.15. The number of aldehydes is 1. The number of aryl methyl sites for hydroxylation is 1. The van der Waals surface area contributed by atoms with Gasteiger partial charge in [-0.2, -0.15) is 0 Å². The first-order chi connectivity index (χ1) is 7.63. The zero-order valence-corrected chi connectivity index (χ0v) is 10.4. The van der Waals surface area contributed by atoms with Crippen molar-refractivity contribution < 1.29 is 4.79 Å². The number of benzene rings is 1. The van der Waals surface area contributed by atoms with Crippen LogP contribution in [0, 0.1) is 6.92 Å². The minimum absolute atomic E-state index is 0.737. The van der Waals surface area contributed by atoms with Crippen LogP contribution < -0.4 is 0 Å². The first kappa shape index (κ1) is 12.9. The van der Waals surface area contributed by atoms with Crippen LogP contribution in [-0.2, 0) is 0 Å². The van der Waals surface area contributed by atoms with Crippen molar-refractivity contribution in [1.29, 1.82) is 0 Å². The fourth-order valence-corrected chi connectivity index (χ4v) is 1.72. The Bertz CT molecular complexity index is 310. The highest BCUT2D eigenvalue weighted by Gasteiger charge is 2.14. The van der Waals surface area contributed by atoms with Crippen LogP contribution in [0.15, 0.2) is 24.3 Å². The fourth-order valence-electron chi connectivity index (χ4n) is 1.72. The van der Waals surface area contributed by atoms with Crippen molar-refractivity contribution in [2.75, 3.05) is 13.6 Å². The van der Waals surface area contributed by atoms with Gasteiger partial charge in [-0.1, -0.05) is 29.8 Å². The van der Waals surface area contributed by atoms with Crippen molar-refractivity contribution in [3.8, 4) is 0 Å². The lowest BCUT2D eigenvalue weighted by molar-refractivity contribution is 0.112. The van der Waals surface area contributed by atoms with E-state index in [0.29, 0.717) is 0 Å². The van der Waals surface area contributed by atoms with Gasteiger partial charge in [-0.25, -0.2) is 0 Å². The maximum Gasteiger partial charge on any atom is 0.150 e. The van der Waals surface area contributed by atoms with Gasteiger partial charge in [0.05, 0.1) is 0 Å². The highest BCUT2D eigenvalue weighted by atomic mass is 16.1. The van der Waals surface area contributed by atoms with Gasteiger partial charge in [0, 0.05) is 11.6 Å². The third kappa shape index (κ3) is 4.15. The molecule has 0 radical (unpaired) electrons. The van der Waals surface area contributed by atoms with Crippen molar-refractivity contribution in [1.82, 2.24) is 4.90 Å². The second-order valence-electron chi connectivity index (χ2n) is 4.50. The Morgan fingerprint density at radius 3 is 2.25 bits per heavy atom. The molecule has 1 aliphatic rings. The Balaban J connectivity index is 0.000000165. The van der Waals surface area contributed by atoms with Gasteiger partial charge in [-0.15, -0.1) is 0 Å². The summed E-state index contributed by atoms with van der Waals surface area (Å²) in [5, 5.41) is 0. The molecular formula is C14H21NO. The van der Waals surface area contributed by atoms with E-state index in [9.17, 15) is 4.79 Å². The molecule has 1 saturated heterocycles. The van der Waals surface area contributed by atoms with E-state index in [1.54, 1.807) is 0 Å². The highest BCUT2D eigenvalue weighted by molar-refractivity contribution is 5.74. The van der Waals surface area contributed by atoms with E-state index < -0.39 is 0 Å². The van der Waals surface area contributed by atoms with E-state index >= 15 is 0 Å². The van der Waals surface area contributed by atoms with Crippen molar-refractivity contribution in [2.45, 2.75) is 32.7 Å². The van der Waals surface area contributed by atoms with Crippen molar-refractivity contribution in [3.05, 3.63) is 35.4 Å². The molecule has 2 nitrogen and oxygen atoms in total. The molecule has 88 valence electrons. The second kappa shape index (κ2) is 6.44. The molecule has 2 heteroatoms. The second-order valence-corrected chi connectivity index (χ2v) is 4.50. The molecule has 1 unspecified atom stereocenters. The van der Waals surface area contributed by atoms with Crippen molar-refractivity contribution in [3.63, 3.8) is 0 Å². The summed E-state index contributed by atoms with van der Waals surface area (Å²) in [7, 11) is 2.19. The number of rotatable bonds is 1. The molecule has 0 aliphatic carbocycles. The average Bonchev–Trinajstić information content (AvgIpc) is 2.65. The topological polar surface area (TPSA) is 20.3 Å². The number of likely N-dealkylation sites (tertiary alicyclic amines) is 1. The number of nitrogens with zero attached hydrogens (tertiary/aromatic N) is 1. The minimum atomic E-state index is 0.737. The van der Waals surface area contributed by atoms with E-state index in [1.807, 2.05) is 31.2 Å². The van der Waals surface area contributed by atoms with Crippen LogP contribution in [0.25, 0.3) is 0 Å². The maximum absolute atomic E-state index is 10.1. The summed E-state index contributed by atoms with van der Waals surface area (Å²) in [6.07, 6.45) is 3.65. The first-order valence-electron chi connectivity index (χ1n) is 5.85. The van der Waals surface area contributed by atoms with Crippen LogP contribution in [0.1, 0.15) is 35.7 Å². The van der Waals surface area contributed by atoms with Crippen LogP contribution in [0.3, 0.4) is 0 Å². The predicted molar refractivity (Wildman–Crippen MR) is 67.9 cm³/mol. The van der Waals surface area contributed by atoms with Crippen molar-refractivity contribution >= 4 is 6.29 Å². The molecule has 1 aromatic carbocycles. The molecule has 0 aromatic heterocycles. The fraction of sp³-hybridized carbons (Fsp3) is 0.500. The summed E-state index contributed by atoms with van der Waals surface area (Å²) in [4.78, 5) is 12.5. The summed E-state index contributed by atoms with van der Waals surface area (Å²) in [5.74, 6) is 0. The molecule has 0 amide bonds. The van der Waals surface area contributed by atoms with Crippen molar-refractivity contribution in [2.24, 2.45) is 0 Å². The molecule has 0 bridgehead atoms. The monoisotopic (exact) mass is 219 g/mol. The maximum atomic E-state index is 10.1. The van der Waals surface area contributed by atoms with E-state index in [-0.39, 0.29) is 0 Å². The van der Waals surface area contributed by atoms with Gasteiger partial charge in [-0.3, -0.25) is 4.79 Å². The number of hydrogen-bond donors (Lipinski definition) is 0. The molecule has 0 spiro atoms. The Labute approximate surface area is 98.3 Å². The van der Waals surface area contributed by atoms with E-state index in [4.69, 9.17) is 0 Å². The highest BCUT2D eigenvalue weighted by Crippen LogP contribution is 2.12. The molecular weight excluding hydrogens is 198 g/mol. The van der Waals surface area contributed by atoms with Gasteiger partial charge in [0.15, 0.2) is 0 Å². The van der Waals surface area contributed by atoms with Gasteiger partial charge >= 0.3 is 0 Å². The summed E-state index contributed by atoms with van der Waals surface area (Å²) < 4.78 is 0. The Morgan fingerprint density at radius 2 is 1.94 bits per heavy atom. The van der Waals surface area contributed by atoms with Gasteiger partial charge < -0.3 is 4.90 Å². The quantitative estimate of drug-likeness (QED) is 0.677. The molecule has 1 aromatic rings. The third-order valence-corrected chi connectivity index (χ3v) is 3.10. The molecule has 16 heavy (non-hydrogen) atoms. The van der Waals surface area contributed by atoms with E-state index in [2.05, 4.69) is 18.9 Å². The average molecular weight is 219 g/mol. The summed E-state index contributed by atoms with van der Waals surface area (Å²) in [5.41, 5.74) is 1.92. The first-order valence-corrected chi connectivity index (χ1v) is 5.85. The summed E-state index contributed by atoms with van der Waals surface area (Å²) in [6.45, 7) is 5.59. The predicted octanol–water partition coefficient (Wildman–Crippen LogP) is 2.91. The smallest absolute Gasteiger partial charge is 0.150 e. The molecule has 1 atom stereocenters. The van der Waals surface area contributed by atoms with E-state index in [1.165, 1.54) is 24.9 Å². The summed E-state index contributed by atoms with van der Waals surface area (Å²) in [6, 6.07) is 8.30. The zero-order chi connectivity index (χ0) is 12.0. The molecule has 1 aliphatic heterocycles. The molecule has 0 saturated carbocycles. The number of carbonyl (C=O) groups excluding carboxylic acids is 1. The lowest BCUT2D eigenvalue weighted by Gasteiger charge is -2.12. The van der Waals surface area contributed by atoms with E-state index in [0.717, 1.165) is 17.9 Å². The minimum Gasteiger partial charge on any atom is -0.304 e. The SMILES string of the molecule is CC1CCCN1C.Cc1ccc(C=O)cc1. The van der Waals surface area contributed by atoms with Crippen LogP contribution in [-0.4, -0.2) is 30.8 Å².